The molecule has 0 aliphatic heterocycles. The van der Waals surface area contributed by atoms with Gasteiger partial charge < -0.3 is 9.72 Å². The van der Waals surface area contributed by atoms with Crippen molar-refractivity contribution in [3.05, 3.63) is 59.2 Å². The van der Waals surface area contributed by atoms with Crippen LogP contribution >= 0.6 is 12.4 Å². The van der Waals surface area contributed by atoms with E-state index in [0.717, 1.165) is 28.6 Å². The Labute approximate surface area is 180 Å². The Morgan fingerprint density at radius 2 is 1.77 bits per heavy atom. The van der Waals surface area contributed by atoms with Crippen molar-refractivity contribution in [1.82, 2.24) is 29.8 Å². The molecule has 0 spiro atoms. The number of aromatic amines is 1. The van der Waals surface area contributed by atoms with Gasteiger partial charge in [-0.25, -0.2) is 4.98 Å². The van der Waals surface area contributed by atoms with Gasteiger partial charge in [0.2, 0.25) is 5.88 Å². The molecular formula is C22H23ClN6O. The second-order valence-corrected chi connectivity index (χ2v) is 8.11. The van der Waals surface area contributed by atoms with Gasteiger partial charge in [-0.3, -0.25) is 0 Å². The number of benzene rings is 1. The number of hydrogen-bond acceptors (Lipinski definition) is 5. The van der Waals surface area contributed by atoms with Crippen LogP contribution in [0.5, 0.6) is 5.88 Å². The van der Waals surface area contributed by atoms with Gasteiger partial charge in [0, 0.05) is 28.6 Å². The van der Waals surface area contributed by atoms with Gasteiger partial charge >= 0.3 is 0 Å². The molecule has 0 amide bonds. The maximum atomic E-state index is 6.24. The highest BCUT2D eigenvalue weighted by Gasteiger charge is 2.39. The van der Waals surface area contributed by atoms with Gasteiger partial charge in [0.1, 0.15) is 12.4 Å². The van der Waals surface area contributed by atoms with Crippen molar-refractivity contribution >= 4 is 18.1 Å². The molecule has 0 saturated heterocycles. The lowest BCUT2D eigenvalue weighted by molar-refractivity contribution is 0.262. The fourth-order valence-electron chi connectivity index (χ4n) is 4.94. The molecule has 30 heavy (non-hydrogen) atoms. The van der Waals surface area contributed by atoms with E-state index in [1.807, 2.05) is 48.0 Å². The van der Waals surface area contributed by atoms with Crippen molar-refractivity contribution in [1.29, 1.82) is 0 Å². The minimum absolute atomic E-state index is 0. The maximum absolute atomic E-state index is 6.24. The number of hydrogen-bond donors (Lipinski definition) is 1. The molecule has 3 heterocycles. The van der Waals surface area contributed by atoms with Crippen LogP contribution in [-0.4, -0.2) is 29.8 Å². The van der Waals surface area contributed by atoms with Crippen molar-refractivity contribution in [3.63, 3.8) is 0 Å². The molecule has 1 saturated carbocycles. The number of aryl methyl sites for hydroxylation is 1. The number of halogens is 1. The molecular weight excluding hydrogens is 400 g/mol. The minimum atomic E-state index is 0. The first-order chi connectivity index (χ1) is 14.3. The lowest BCUT2D eigenvalue weighted by atomic mass is 9.67. The van der Waals surface area contributed by atoms with Crippen molar-refractivity contribution in [3.8, 4) is 17.3 Å². The number of nitrogens with one attached hydrogen (secondary N) is 1. The lowest BCUT2D eigenvalue weighted by Gasteiger charge is -2.38. The zero-order chi connectivity index (χ0) is 19.4. The van der Waals surface area contributed by atoms with E-state index in [1.54, 1.807) is 0 Å². The largest absolute Gasteiger partial charge is 0.468 e. The minimum Gasteiger partial charge on any atom is -0.468 e. The summed E-state index contributed by atoms with van der Waals surface area (Å²) in [5.41, 5.74) is 5.45. The van der Waals surface area contributed by atoms with Gasteiger partial charge in [0.15, 0.2) is 11.5 Å². The summed E-state index contributed by atoms with van der Waals surface area (Å²) in [4.78, 5) is 7.60. The number of ether oxygens (including phenoxy) is 1. The Morgan fingerprint density at radius 3 is 2.47 bits per heavy atom. The quantitative estimate of drug-likeness (QED) is 0.520. The fourth-order valence-corrected chi connectivity index (χ4v) is 4.94. The fraction of sp³-hybridized carbons (Fsp3) is 0.364. The monoisotopic (exact) mass is 422 g/mol. The Balaban J connectivity index is 0.00000193. The zero-order valence-electron chi connectivity index (χ0n) is 16.7. The SMILES string of the molecule is Cc1cnc(COc2nn3c(-c4ccccc4)nnc3c3c2C2CCC3CC2)[nH]1.Cl. The molecule has 0 atom stereocenters. The molecule has 1 N–H and O–H groups in total. The van der Waals surface area contributed by atoms with Crippen molar-refractivity contribution in [2.45, 2.75) is 51.0 Å². The third kappa shape index (κ3) is 2.96. The zero-order valence-corrected chi connectivity index (χ0v) is 17.5. The first-order valence-corrected chi connectivity index (χ1v) is 10.3. The summed E-state index contributed by atoms with van der Waals surface area (Å²) in [6, 6.07) is 10.1. The first-order valence-electron chi connectivity index (χ1n) is 10.3. The average Bonchev–Trinajstić information content (AvgIpc) is 3.39. The van der Waals surface area contributed by atoms with E-state index in [1.165, 1.54) is 36.8 Å². The third-order valence-corrected chi connectivity index (χ3v) is 6.27. The number of H-pyrrole nitrogens is 1. The van der Waals surface area contributed by atoms with E-state index in [9.17, 15) is 0 Å². The first kappa shape index (κ1) is 19.1. The standard InChI is InChI=1S/C22H22N6O.ClH/c1-13-11-23-17(24-13)12-29-22-19-15-9-7-14(8-10-15)18(19)21-26-25-20(28(21)27-22)16-5-3-2-4-6-16;/h2-6,11,14-15H,7-10,12H2,1H3,(H,23,24);1H. The van der Waals surface area contributed by atoms with E-state index in [-0.39, 0.29) is 12.4 Å². The summed E-state index contributed by atoms with van der Waals surface area (Å²) in [6.07, 6.45) is 6.64. The number of nitrogens with zero attached hydrogens (tertiary/aromatic N) is 5. The van der Waals surface area contributed by atoms with Crippen LogP contribution in [0.1, 0.15) is 60.2 Å². The molecule has 7 rings (SSSR count). The predicted molar refractivity (Wildman–Crippen MR) is 115 cm³/mol. The molecule has 8 heteroatoms. The highest BCUT2D eigenvalue weighted by Crippen LogP contribution is 2.53. The van der Waals surface area contributed by atoms with Gasteiger partial charge in [0.25, 0.3) is 0 Å². The molecule has 0 unspecified atom stereocenters. The summed E-state index contributed by atoms with van der Waals surface area (Å²) in [5, 5.41) is 14.0. The van der Waals surface area contributed by atoms with Gasteiger partial charge in [-0.2, -0.15) is 4.52 Å². The van der Waals surface area contributed by atoms with Crippen LogP contribution in [-0.2, 0) is 6.61 Å². The smallest absolute Gasteiger partial charge is 0.236 e. The normalized spacial score (nSPS) is 19.5. The van der Waals surface area contributed by atoms with Crippen LogP contribution in [0.4, 0.5) is 0 Å². The predicted octanol–water partition coefficient (Wildman–Crippen LogP) is 4.58. The number of imidazole rings is 1. The van der Waals surface area contributed by atoms with Gasteiger partial charge in [-0.1, -0.05) is 30.3 Å². The molecule has 0 radical (unpaired) electrons. The van der Waals surface area contributed by atoms with E-state index < -0.39 is 0 Å². The highest BCUT2D eigenvalue weighted by atomic mass is 35.5. The maximum Gasteiger partial charge on any atom is 0.236 e. The summed E-state index contributed by atoms with van der Waals surface area (Å²) in [5.74, 6) is 3.28. The molecule has 1 fully saturated rings. The Bertz CT molecular complexity index is 1190. The van der Waals surface area contributed by atoms with E-state index >= 15 is 0 Å². The summed E-state index contributed by atoms with van der Waals surface area (Å²) in [6.45, 7) is 2.36. The molecule has 3 aliphatic carbocycles. The van der Waals surface area contributed by atoms with Crippen LogP contribution in [0.25, 0.3) is 17.0 Å². The van der Waals surface area contributed by atoms with E-state index in [2.05, 4.69) is 20.2 Å². The molecule has 3 aromatic heterocycles. The molecule has 7 nitrogen and oxygen atoms in total. The van der Waals surface area contributed by atoms with Gasteiger partial charge in [-0.05, 0) is 44.4 Å². The molecule has 2 bridgehead atoms. The number of rotatable bonds is 4. The third-order valence-electron chi connectivity index (χ3n) is 6.27. The Morgan fingerprint density at radius 1 is 1.03 bits per heavy atom. The molecule has 1 aromatic carbocycles. The molecule has 4 aromatic rings. The number of fused-ring (bicyclic) bond motifs is 3. The van der Waals surface area contributed by atoms with Crippen LogP contribution in [0.3, 0.4) is 0 Å². The van der Waals surface area contributed by atoms with Crippen LogP contribution in [0.15, 0.2) is 36.5 Å². The van der Waals surface area contributed by atoms with Crippen LogP contribution in [0.2, 0.25) is 0 Å². The van der Waals surface area contributed by atoms with Crippen molar-refractivity contribution in [2.24, 2.45) is 0 Å². The van der Waals surface area contributed by atoms with E-state index in [0.29, 0.717) is 24.3 Å². The summed E-state index contributed by atoms with van der Waals surface area (Å²) < 4.78 is 8.12. The summed E-state index contributed by atoms with van der Waals surface area (Å²) in [7, 11) is 0. The second-order valence-electron chi connectivity index (χ2n) is 8.11. The number of aromatic nitrogens is 6. The molecule has 154 valence electrons. The van der Waals surface area contributed by atoms with Crippen molar-refractivity contribution < 1.29 is 4.74 Å². The average molecular weight is 423 g/mol. The Kier molecular flexibility index (Phi) is 4.70. The van der Waals surface area contributed by atoms with Crippen LogP contribution in [0, 0.1) is 6.92 Å². The van der Waals surface area contributed by atoms with Crippen molar-refractivity contribution in [2.75, 3.05) is 0 Å². The lowest BCUT2D eigenvalue weighted by Crippen LogP contribution is -2.25. The topological polar surface area (TPSA) is 81.0 Å². The van der Waals surface area contributed by atoms with Crippen LogP contribution < -0.4 is 4.74 Å². The summed E-state index contributed by atoms with van der Waals surface area (Å²) >= 11 is 0. The highest BCUT2D eigenvalue weighted by molar-refractivity contribution is 5.85. The Hall–Kier alpha value is -2.93. The van der Waals surface area contributed by atoms with Gasteiger partial charge in [-0.15, -0.1) is 27.7 Å². The molecule has 3 aliphatic rings. The second kappa shape index (κ2) is 7.40. The van der Waals surface area contributed by atoms with E-state index in [4.69, 9.17) is 9.84 Å². The van der Waals surface area contributed by atoms with Gasteiger partial charge in [0.05, 0.1) is 0 Å².